The van der Waals surface area contributed by atoms with Crippen LogP contribution in [0.4, 0.5) is 5.13 Å². The SMILES string of the molecule is CC1CN(c2nc(C(C)(C)C)c(C(=O)O)s2)CCO1. The van der Waals surface area contributed by atoms with Crippen molar-refractivity contribution in [3.05, 3.63) is 10.6 Å². The van der Waals surface area contributed by atoms with Crippen LogP contribution in [0.25, 0.3) is 0 Å². The summed E-state index contributed by atoms with van der Waals surface area (Å²) in [5, 5.41) is 10.1. The summed E-state index contributed by atoms with van der Waals surface area (Å²) in [7, 11) is 0. The molecule has 1 fully saturated rings. The van der Waals surface area contributed by atoms with E-state index in [4.69, 9.17) is 4.74 Å². The molecule has 0 saturated carbocycles. The number of hydrogen-bond donors (Lipinski definition) is 1. The second-order valence-corrected chi connectivity index (χ2v) is 6.83. The predicted molar refractivity (Wildman–Crippen MR) is 75.4 cm³/mol. The fourth-order valence-corrected chi connectivity index (χ4v) is 3.24. The summed E-state index contributed by atoms with van der Waals surface area (Å²) in [4.78, 5) is 18.4. The van der Waals surface area contributed by atoms with Crippen molar-refractivity contribution >= 4 is 22.4 Å². The molecule has 1 aromatic rings. The summed E-state index contributed by atoms with van der Waals surface area (Å²) < 4.78 is 5.50. The van der Waals surface area contributed by atoms with Crippen LogP contribution < -0.4 is 4.90 Å². The smallest absolute Gasteiger partial charge is 0.347 e. The summed E-state index contributed by atoms with van der Waals surface area (Å²) in [5.74, 6) is -0.894. The van der Waals surface area contributed by atoms with Crippen molar-refractivity contribution < 1.29 is 14.6 Å². The third-order valence-electron chi connectivity index (χ3n) is 3.03. The summed E-state index contributed by atoms with van der Waals surface area (Å²) in [6.07, 6.45) is 0.156. The van der Waals surface area contributed by atoms with Gasteiger partial charge in [-0.2, -0.15) is 0 Å². The van der Waals surface area contributed by atoms with Gasteiger partial charge in [-0.25, -0.2) is 9.78 Å². The van der Waals surface area contributed by atoms with Gasteiger partial charge in [0.25, 0.3) is 0 Å². The molecular formula is C13H20N2O3S. The molecule has 5 nitrogen and oxygen atoms in total. The third-order valence-corrected chi connectivity index (χ3v) is 4.14. The molecule has 1 saturated heterocycles. The average molecular weight is 284 g/mol. The van der Waals surface area contributed by atoms with E-state index in [1.807, 2.05) is 27.7 Å². The first-order chi connectivity index (χ1) is 8.79. The van der Waals surface area contributed by atoms with Gasteiger partial charge in [-0.15, -0.1) is 0 Å². The van der Waals surface area contributed by atoms with Crippen molar-refractivity contribution in [1.82, 2.24) is 4.98 Å². The maximum Gasteiger partial charge on any atom is 0.347 e. The average Bonchev–Trinajstić information content (AvgIpc) is 2.73. The number of morpholine rings is 1. The fourth-order valence-electron chi connectivity index (χ4n) is 2.09. The van der Waals surface area contributed by atoms with E-state index in [1.165, 1.54) is 11.3 Å². The Morgan fingerprint density at radius 3 is 2.68 bits per heavy atom. The number of carboxylic acids is 1. The molecule has 1 aliphatic rings. The lowest BCUT2D eigenvalue weighted by Crippen LogP contribution is -2.41. The Bertz CT molecular complexity index is 479. The van der Waals surface area contributed by atoms with Gasteiger partial charge in [-0.1, -0.05) is 32.1 Å². The van der Waals surface area contributed by atoms with E-state index in [0.29, 0.717) is 17.2 Å². The number of carbonyl (C=O) groups is 1. The van der Waals surface area contributed by atoms with E-state index >= 15 is 0 Å². The van der Waals surface area contributed by atoms with E-state index in [9.17, 15) is 9.90 Å². The van der Waals surface area contributed by atoms with Crippen LogP contribution in [0.15, 0.2) is 0 Å². The third kappa shape index (κ3) is 3.06. The molecule has 1 aromatic heterocycles. The molecule has 0 bridgehead atoms. The first-order valence-electron chi connectivity index (χ1n) is 6.40. The number of carboxylic acid groups (broad SMARTS) is 1. The number of nitrogens with zero attached hydrogens (tertiary/aromatic N) is 2. The van der Waals surface area contributed by atoms with Crippen LogP contribution in [-0.4, -0.2) is 41.9 Å². The molecule has 1 aliphatic heterocycles. The quantitative estimate of drug-likeness (QED) is 0.903. The van der Waals surface area contributed by atoms with Gasteiger partial charge in [0.15, 0.2) is 5.13 Å². The second kappa shape index (κ2) is 5.09. The maximum absolute atomic E-state index is 11.4. The molecule has 0 radical (unpaired) electrons. The molecule has 2 rings (SSSR count). The summed E-state index contributed by atoms with van der Waals surface area (Å²) in [6, 6.07) is 0. The lowest BCUT2D eigenvalue weighted by molar-refractivity contribution is 0.0532. The zero-order valence-electron chi connectivity index (χ0n) is 11.8. The Morgan fingerprint density at radius 1 is 1.53 bits per heavy atom. The van der Waals surface area contributed by atoms with E-state index < -0.39 is 5.97 Å². The van der Waals surface area contributed by atoms with E-state index in [0.717, 1.165) is 18.2 Å². The predicted octanol–water partition coefficient (Wildman–Crippen LogP) is 2.36. The van der Waals surface area contributed by atoms with Gasteiger partial charge < -0.3 is 14.7 Å². The van der Waals surface area contributed by atoms with Gasteiger partial charge in [0, 0.05) is 18.5 Å². The molecule has 6 heteroatoms. The Labute approximate surface area is 117 Å². The van der Waals surface area contributed by atoms with Gasteiger partial charge in [-0.05, 0) is 6.92 Å². The van der Waals surface area contributed by atoms with E-state index in [-0.39, 0.29) is 11.5 Å². The van der Waals surface area contributed by atoms with Crippen molar-refractivity contribution in [2.24, 2.45) is 0 Å². The van der Waals surface area contributed by atoms with Crippen LogP contribution in [0, 0.1) is 0 Å². The monoisotopic (exact) mass is 284 g/mol. The van der Waals surface area contributed by atoms with E-state index in [2.05, 4.69) is 9.88 Å². The van der Waals surface area contributed by atoms with Crippen LogP contribution in [0.3, 0.4) is 0 Å². The molecule has 2 heterocycles. The zero-order chi connectivity index (χ0) is 14.2. The molecule has 0 spiro atoms. The highest BCUT2D eigenvalue weighted by Gasteiger charge is 2.29. The van der Waals surface area contributed by atoms with Gasteiger partial charge >= 0.3 is 5.97 Å². The first-order valence-corrected chi connectivity index (χ1v) is 7.22. The number of hydrogen-bond acceptors (Lipinski definition) is 5. The summed E-state index contributed by atoms with van der Waals surface area (Å²) >= 11 is 1.26. The summed E-state index contributed by atoms with van der Waals surface area (Å²) in [6.45, 7) is 10.2. The van der Waals surface area contributed by atoms with E-state index in [1.54, 1.807) is 0 Å². The molecule has 0 aromatic carbocycles. The van der Waals surface area contributed by atoms with Crippen LogP contribution in [0.2, 0.25) is 0 Å². The maximum atomic E-state index is 11.4. The Hall–Kier alpha value is -1.14. The number of aromatic carboxylic acids is 1. The highest BCUT2D eigenvalue weighted by Crippen LogP contribution is 2.34. The van der Waals surface area contributed by atoms with Gasteiger partial charge in [-0.3, -0.25) is 0 Å². The van der Waals surface area contributed by atoms with Crippen molar-refractivity contribution in [1.29, 1.82) is 0 Å². The Kier molecular flexibility index (Phi) is 3.82. The van der Waals surface area contributed by atoms with Crippen LogP contribution >= 0.6 is 11.3 Å². The molecule has 106 valence electrons. The second-order valence-electron chi connectivity index (χ2n) is 5.86. The minimum absolute atomic E-state index is 0.156. The number of rotatable bonds is 2. The molecule has 1 N–H and O–H groups in total. The standard InChI is InChI=1S/C13H20N2O3S/c1-8-7-15(5-6-18-8)12-14-10(13(2,3)4)9(19-12)11(16)17/h8H,5-7H2,1-4H3,(H,16,17). The van der Waals surface area contributed by atoms with Crippen LogP contribution in [-0.2, 0) is 10.2 Å². The normalized spacial score (nSPS) is 20.6. The molecule has 1 atom stereocenters. The van der Waals surface area contributed by atoms with Crippen molar-refractivity contribution in [2.45, 2.75) is 39.2 Å². The van der Waals surface area contributed by atoms with Crippen molar-refractivity contribution in [3.8, 4) is 0 Å². The number of anilines is 1. The molecule has 1 unspecified atom stereocenters. The number of aromatic nitrogens is 1. The number of ether oxygens (including phenoxy) is 1. The molecule has 19 heavy (non-hydrogen) atoms. The Morgan fingerprint density at radius 2 is 2.21 bits per heavy atom. The molecule has 0 aliphatic carbocycles. The molecular weight excluding hydrogens is 264 g/mol. The topological polar surface area (TPSA) is 62.7 Å². The van der Waals surface area contributed by atoms with Gasteiger partial charge in [0.1, 0.15) is 4.88 Å². The fraction of sp³-hybridized carbons (Fsp3) is 0.692. The van der Waals surface area contributed by atoms with Crippen LogP contribution in [0.1, 0.15) is 43.1 Å². The van der Waals surface area contributed by atoms with Crippen molar-refractivity contribution in [3.63, 3.8) is 0 Å². The van der Waals surface area contributed by atoms with Gasteiger partial charge in [0.2, 0.25) is 0 Å². The lowest BCUT2D eigenvalue weighted by Gasteiger charge is -2.30. The first kappa shape index (κ1) is 14.3. The largest absolute Gasteiger partial charge is 0.477 e. The highest BCUT2D eigenvalue weighted by molar-refractivity contribution is 7.17. The Balaban J connectivity index is 2.35. The summed E-state index contributed by atoms with van der Waals surface area (Å²) in [5.41, 5.74) is 0.402. The lowest BCUT2D eigenvalue weighted by atomic mass is 9.91. The van der Waals surface area contributed by atoms with Crippen molar-refractivity contribution in [2.75, 3.05) is 24.6 Å². The zero-order valence-corrected chi connectivity index (χ0v) is 12.6. The number of thiazole rings is 1. The minimum Gasteiger partial charge on any atom is -0.477 e. The minimum atomic E-state index is -0.894. The van der Waals surface area contributed by atoms with Crippen LogP contribution in [0.5, 0.6) is 0 Å². The highest BCUT2D eigenvalue weighted by atomic mass is 32.1. The van der Waals surface area contributed by atoms with Gasteiger partial charge in [0.05, 0.1) is 18.4 Å². The molecule has 0 amide bonds.